The Labute approximate surface area is 127 Å². The lowest BCUT2D eigenvalue weighted by Crippen LogP contribution is -2.19. The van der Waals surface area contributed by atoms with E-state index in [1.807, 2.05) is 32.9 Å². The van der Waals surface area contributed by atoms with Crippen molar-refractivity contribution >= 4 is 23.9 Å². The van der Waals surface area contributed by atoms with Gasteiger partial charge in [-0.25, -0.2) is 15.4 Å². The molecule has 2 heterocycles. The zero-order chi connectivity index (χ0) is 15.2. The van der Waals surface area contributed by atoms with Crippen molar-refractivity contribution in [2.45, 2.75) is 25.9 Å². The average Bonchev–Trinajstić information content (AvgIpc) is 2.81. The van der Waals surface area contributed by atoms with Gasteiger partial charge in [-0.3, -0.25) is 4.79 Å². The summed E-state index contributed by atoms with van der Waals surface area (Å²) in [7, 11) is 0. The van der Waals surface area contributed by atoms with Crippen molar-refractivity contribution < 1.29 is 9.21 Å². The molecule has 0 spiro atoms. The van der Waals surface area contributed by atoms with Crippen LogP contribution in [0.2, 0.25) is 0 Å². The molecule has 7 heteroatoms. The highest BCUT2D eigenvalue weighted by Gasteiger charge is 2.05. The van der Waals surface area contributed by atoms with Gasteiger partial charge in [0.1, 0.15) is 11.5 Å². The smallest absolute Gasteiger partial charge is 0.250 e. The minimum absolute atomic E-state index is 0.206. The lowest BCUT2D eigenvalue weighted by Gasteiger charge is -2.02. The number of carbonyl (C=O) groups excluding carboxylic acids is 1. The van der Waals surface area contributed by atoms with Crippen molar-refractivity contribution in [2.75, 3.05) is 5.75 Å². The zero-order valence-electron chi connectivity index (χ0n) is 12.1. The van der Waals surface area contributed by atoms with Crippen LogP contribution >= 0.6 is 11.8 Å². The third kappa shape index (κ3) is 5.03. The predicted octanol–water partition coefficient (Wildman–Crippen LogP) is 2.24. The second kappa shape index (κ2) is 7.03. The summed E-state index contributed by atoms with van der Waals surface area (Å²) in [6.45, 7) is 5.64. The first-order valence-electron chi connectivity index (χ1n) is 6.36. The monoisotopic (exact) mass is 304 g/mol. The largest absolute Gasteiger partial charge is 0.460 e. The van der Waals surface area contributed by atoms with E-state index in [9.17, 15) is 4.79 Å². The molecule has 0 aliphatic heterocycles. The number of nitrogens with one attached hydrogen (secondary N) is 1. The molecule has 110 valence electrons. The highest BCUT2D eigenvalue weighted by atomic mass is 32.2. The number of nitrogens with zero attached hydrogens (tertiary/aromatic N) is 3. The number of hydrogen-bond acceptors (Lipinski definition) is 6. The molecule has 0 unspecified atom stereocenters. The molecule has 2 aromatic rings. The molecule has 2 aromatic heterocycles. The van der Waals surface area contributed by atoms with E-state index in [0.29, 0.717) is 10.9 Å². The lowest BCUT2D eigenvalue weighted by atomic mass is 10.4. The van der Waals surface area contributed by atoms with Crippen LogP contribution in [-0.2, 0) is 4.79 Å². The highest BCUT2D eigenvalue weighted by Crippen LogP contribution is 2.13. The molecular weight excluding hydrogens is 288 g/mol. The van der Waals surface area contributed by atoms with E-state index in [1.54, 1.807) is 6.07 Å². The Morgan fingerprint density at radius 3 is 2.67 bits per heavy atom. The zero-order valence-corrected chi connectivity index (χ0v) is 12.9. The van der Waals surface area contributed by atoms with Crippen LogP contribution in [0.25, 0.3) is 0 Å². The number of rotatable bonds is 5. The summed E-state index contributed by atoms with van der Waals surface area (Å²) in [6, 6.07) is 5.50. The second-order valence-electron chi connectivity index (χ2n) is 4.46. The SMILES string of the molecule is Cc1cc(C)nc(SCC(=O)NN=Cc2ccc(C)o2)n1. The summed E-state index contributed by atoms with van der Waals surface area (Å²) in [5, 5.41) is 4.42. The number of furan rings is 1. The van der Waals surface area contributed by atoms with E-state index >= 15 is 0 Å². The molecule has 1 amide bonds. The highest BCUT2D eigenvalue weighted by molar-refractivity contribution is 7.99. The van der Waals surface area contributed by atoms with Crippen LogP contribution in [0.1, 0.15) is 22.9 Å². The fourth-order valence-electron chi connectivity index (χ4n) is 1.61. The normalized spacial score (nSPS) is 11.0. The van der Waals surface area contributed by atoms with Gasteiger partial charge in [-0.05, 0) is 39.0 Å². The standard InChI is InChI=1S/C14H16N4O2S/c1-9-6-10(2)17-14(16-9)21-8-13(19)18-15-7-12-5-4-11(3)20-12/h4-7H,8H2,1-3H3,(H,18,19). The number of aromatic nitrogens is 2. The second-order valence-corrected chi connectivity index (χ2v) is 5.41. The van der Waals surface area contributed by atoms with Gasteiger partial charge in [0.2, 0.25) is 0 Å². The summed E-state index contributed by atoms with van der Waals surface area (Å²) >= 11 is 1.28. The number of hydrazone groups is 1. The van der Waals surface area contributed by atoms with E-state index in [0.717, 1.165) is 17.1 Å². The van der Waals surface area contributed by atoms with Crippen LogP contribution in [-0.4, -0.2) is 27.8 Å². The molecule has 6 nitrogen and oxygen atoms in total. The third-order valence-corrected chi connectivity index (χ3v) is 3.28. The first-order chi connectivity index (χ1) is 10.0. The summed E-state index contributed by atoms with van der Waals surface area (Å²) in [5.41, 5.74) is 4.21. The summed E-state index contributed by atoms with van der Waals surface area (Å²) in [5.74, 6) is 1.38. The molecule has 2 rings (SSSR count). The van der Waals surface area contributed by atoms with Crippen molar-refractivity contribution in [3.8, 4) is 0 Å². The Hall–Kier alpha value is -2.15. The van der Waals surface area contributed by atoms with Crippen molar-refractivity contribution in [1.29, 1.82) is 0 Å². The Balaban J connectivity index is 1.80. The molecule has 0 saturated heterocycles. The van der Waals surface area contributed by atoms with E-state index in [4.69, 9.17) is 4.42 Å². The van der Waals surface area contributed by atoms with Gasteiger partial charge in [0.25, 0.3) is 5.91 Å². The van der Waals surface area contributed by atoms with Gasteiger partial charge < -0.3 is 4.42 Å². The van der Waals surface area contributed by atoms with E-state index in [2.05, 4.69) is 20.5 Å². The molecule has 0 bridgehead atoms. The predicted molar refractivity (Wildman–Crippen MR) is 81.4 cm³/mol. The van der Waals surface area contributed by atoms with Crippen LogP contribution < -0.4 is 5.43 Å². The van der Waals surface area contributed by atoms with E-state index in [1.165, 1.54) is 18.0 Å². The topological polar surface area (TPSA) is 80.4 Å². The Kier molecular flexibility index (Phi) is 5.10. The molecule has 0 aliphatic carbocycles. The number of carbonyl (C=O) groups is 1. The lowest BCUT2D eigenvalue weighted by molar-refractivity contribution is -0.118. The van der Waals surface area contributed by atoms with Crippen LogP contribution in [0.5, 0.6) is 0 Å². The van der Waals surface area contributed by atoms with Gasteiger partial charge in [-0.15, -0.1) is 0 Å². The summed E-state index contributed by atoms with van der Waals surface area (Å²) in [6.07, 6.45) is 1.46. The summed E-state index contributed by atoms with van der Waals surface area (Å²) in [4.78, 5) is 20.2. The first kappa shape index (κ1) is 15.2. The van der Waals surface area contributed by atoms with Gasteiger partial charge in [-0.1, -0.05) is 11.8 Å². The molecular formula is C14H16N4O2S. The molecule has 21 heavy (non-hydrogen) atoms. The van der Waals surface area contributed by atoms with Crippen LogP contribution in [0.3, 0.4) is 0 Å². The van der Waals surface area contributed by atoms with Gasteiger partial charge in [0, 0.05) is 11.4 Å². The Morgan fingerprint density at radius 2 is 2.05 bits per heavy atom. The fourth-order valence-corrected chi connectivity index (χ4v) is 2.35. The van der Waals surface area contributed by atoms with Gasteiger partial charge >= 0.3 is 0 Å². The van der Waals surface area contributed by atoms with Crippen molar-refractivity contribution in [3.05, 3.63) is 41.1 Å². The first-order valence-corrected chi connectivity index (χ1v) is 7.35. The fraction of sp³-hybridized carbons (Fsp3) is 0.286. The van der Waals surface area contributed by atoms with Gasteiger partial charge in [0.15, 0.2) is 5.16 Å². The molecule has 0 radical (unpaired) electrons. The number of thioether (sulfide) groups is 1. The maximum atomic E-state index is 11.6. The van der Waals surface area contributed by atoms with E-state index in [-0.39, 0.29) is 11.7 Å². The minimum Gasteiger partial charge on any atom is -0.460 e. The third-order valence-electron chi connectivity index (χ3n) is 2.44. The van der Waals surface area contributed by atoms with Crippen LogP contribution in [0, 0.1) is 20.8 Å². The van der Waals surface area contributed by atoms with Crippen LogP contribution in [0.4, 0.5) is 0 Å². The number of amides is 1. The molecule has 0 atom stereocenters. The van der Waals surface area contributed by atoms with Crippen molar-refractivity contribution in [2.24, 2.45) is 5.10 Å². The average molecular weight is 304 g/mol. The summed E-state index contributed by atoms with van der Waals surface area (Å²) < 4.78 is 5.30. The molecule has 0 aliphatic rings. The maximum absolute atomic E-state index is 11.6. The maximum Gasteiger partial charge on any atom is 0.250 e. The number of hydrogen-bond donors (Lipinski definition) is 1. The van der Waals surface area contributed by atoms with Gasteiger partial charge in [0.05, 0.1) is 12.0 Å². The molecule has 0 fully saturated rings. The molecule has 0 saturated carbocycles. The molecule has 0 aromatic carbocycles. The number of aryl methyl sites for hydroxylation is 3. The Bertz CT molecular complexity index is 646. The van der Waals surface area contributed by atoms with Crippen molar-refractivity contribution in [3.63, 3.8) is 0 Å². The minimum atomic E-state index is -0.220. The van der Waals surface area contributed by atoms with Crippen LogP contribution in [0.15, 0.2) is 32.9 Å². The quantitative estimate of drug-likeness (QED) is 0.396. The van der Waals surface area contributed by atoms with E-state index < -0.39 is 0 Å². The molecule has 1 N–H and O–H groups in total. The van der Waals surface area contributed by atoms with Crippen molar-refractivity contribution in [1.82, 2.24) is 15.4 Å². The van der Waals surface area contributed by atoms with Gasteiger partial charge in [-0.2, -0.15) is 5.10 Å². The Morgan fingerprint density at radius 1 is 1.33 bits per heavy atom.